The molecule has 7 nitrogen and oxygen atoms in total. The number of H-pyrrole nitrogens is 1. The van der Waals surface area contributed by atoms with Crippen LogP contribution in [0.2, 0.25) is 0 Å². The van der Waals surface area contributed by atoms with Gasteiger partial charge in [-0.25, -0.2) is 18.1 Å². The van der Waals surface area contributed by atoms with Crippen molar-refractivity contribution in [1.29, 1.82) is 0 Å². The number of rotatable bonds is 7. The fourth-order valence-electron chi connectivity index (χ4n) is 1.88. The van der Waals surface area contributed by atoms with E-state index in [9.17, 15) is 8.42 Å². The van der Waals surface area contributed by atoms with Crippen molar-refractivity contribution in [3.63, 3.8) is 0 Å². The molecular weight excluding hydrogens is 290 g/mol. The molecule has 0 unspecified atom stereocenters. The lowest BCUT2D eigenvalue weighted by Gasteiger charge is -2.11. The van der Waals surface area contributed by atoms with Crippen LogP contribution in [0.5, 0.6) is 0 Å². The molecule has 0 atom stereocenters. The lowest BCUT2D eigenvalue weighted by molar-refractivity contribution is 0.584. The Morgan fingerprint density at radius 1 is 1.38 bits per heavy atom. The summed E-state index contributed by atoms with van der Waals surface area (Å²) in [5.74, 6) is 0. The average Bonchev–Trinajstić information content (AvgIpc) is 2.94. The molecule has 2 rings (SSSR count). The summed E-state index contributed by atoms with van der Waals surface area (Å²) >= 11 is 0. The second-order valence-corrected chi connectivity index (χ2v) is 6.27. The zero-order chi connectivity index (χ0) is 15.3. The van der Waals surface area contributed by atoms with Gasteiger partial charge in [-0.05, 0) is 18.2 Å². The third-order valence-corrected chi connectivity index (χ3v) is 4.48. The van der Waals surface area contributed by atoms with Crippen molar-refractivity contribution in [2.45, 2.75) is 18.2 Å². The number of aromatic nitrogens is 2. The zero-order valence-corrected chi connectivity index (χ0v) is 12.6. The van der Waals surface area contributed by atoms with E-state index in [0.717, 1.165) is 12.1 Å². The van der Waals surface area contributed by atoms with E-state index in [0.29, 0.717) is 24.5 Å². The molecule has 0 fully saturated rings. The molecule has 0 saturated heterocycles. The smallest absolute Gasteiger partial charge is 0.240 e. The van der Waals surface area contributed by atoms with Crippen molar-refractivity contribution >= 4 is 21.4 Å². The van der Waals surface area contributed by atoms with E-state index >= 15 is 0 Å². The fraction of sp³-hybridized carbons (Fsp3) is 0.308. The van der Waals surface area contributed by atoms with Gasteiger partial charge in [0.25, 0.3) is 0 Å². The molecule has 2 aromatic rings. The monoisotopic (exact) mass is 309 g/mol. The first kappa shape index (κ1) is 15.3. The molecule has 5 N–H and O–H groups in total. The standard InChI is InChI=1S/C13H19N5O2S/c1-2-18-21(19,20)11-3-4-12(14)13(7-11)16-6-5-10-8-15-9-17-10/h3-4,7-9,16,18H,2,5-6,14H2,1H3,(H,15,17). The van der Waals surface area contributed by atoms with Gasteiger partial charge in [-0.2, -0.15) is 0 Å². The molecule has 0 saturated carbocycles. The lowest BCUT2D eigenvalue weighted by atomic mass is 10.2. The molecule has 0 amide bonds. The minimum absolute atomic E-state index is 0.197. The highest BCUT2D eigenvalue weighted by atomic mass is 32.2. The molecule has 0 aliphatic rings. The Kier molecular flexibility index (Phi) is 4.81. The second kappa shape index (κ2) is 6.59. The van der Waals surface area contributed by atoms with Crippen LogP contribution in [0.1, 0.15) is 12.6 Å². The molecule has 1 aromatic heterocycles. The van der Waals surface area contributed by atoms with E-state index in [1.54, 1.807) is 31.6 Å². The third kappa shape index (κ3) is 3.96. The van der Waals surface area contributed by atoms with Crippen LogP contribution < -0.4 is 15.8 Å². The Hall–Kier alpha value is -2.06. The number of sulfonamides is 1. The van der Waals surface area contributed by atoms with Crippen molar-refractivity contribution in [2.75, 3.05) is 24.1 Å². The third-order valence-electron chi connectivity index (χ3n) is 2.93. The molecule has 0 aliphatic heterocycles. The van der Waals surface area contributed by atoms with E-state index in [1.807, 2.05) is 0 Å². The number of nitrogen functional groups attached to an aromatic ring is 1. The van der Waals surface area contributed by atoms with Crippen LogP contribution in [0.3, 0.4) is 0 Å². The maximum atomic E-state index is 12.0. The van der Waals surface area contributed by atoms with E-state index in [2.05, 4.69) is 20.0 Å². The summed E-state index contributed by atoms with van der Waals surface area (Å²) in [5.41, 5.74) is 7.98. The van der Waals surface area contributed by atoms with Gasteiger partial charge in [-0.3, -0.25) is 0 Å². The summed E-state index contributed by atoms with van der Waals surface area (Å²) in [6.45, 7) is 2.70. The number of nitrogens with zero attached hydrogens (tertiary/aromatic N) is 1. The largest absolute Gasteiger partial charge is 0.397 e. The summed E-state index contributed by atoms with van der Waals surface area (Å²) in [7, 11) is -3.48. The molecule has 114 valence electrons. The Bertz CT molecular complexity index is 683. The first-order valence-electron chi connectivity index (χ1n) is 6.63. The Morgan fingerprint density at radius 3 is 2.86 bits per heavy atom. The van der Waals surface area contributed by atoms with E-state index in [1.165, 1.54) is 6.07 Å². The van der Waals surface area contributed by atoms with Crippen molar-refractivity contribution in [1.82, 2.24) is 14.7 Å². The Labute approximate surface area is 124 Å². The summed E-state index contributed by atoms with van der Waals surface area (Å²) < 4.78 is 26.4. The number of nitrogens with two attached hydrogens (primary N) is 1. The second-order valence-electron chi connectivity index (χ2n) is 4.50. The highest BCUT2D eigenvalue weighted by molar-refractivity contribution is 7.89. The predicted molar refractivity (Wildman–Crippen MR) is 82.5 cm³/mol. The number of aromatic amines is 1. The molecule has 1 heterocycles. The molecule has 8 heteroatoms. The van der Waals surface area contributed by atoms with E-state index in [-0.39, 0.29) is 4.90 Å². The number of imidazole rings is 1. The molecule has 21 heavy (non-hydrogen) atoms. The maximum absolute atomic E-state index is 12.0. The van der Waals surface area contributed by atoms with E-state index < -0.39 is 10.0 Å². The lowest BCUT2D eigenvalue weighted by Crippen LogP contribution is -2.23. The van der Waals surface area contributed by atoms with Gasteiger partial charge in [0.05, 0.1) is 22.6 Å². The van der Waals surface area contributed by atoms with Crippen LogP contribution in [0, 0.1) is 0 Å². The predicted octanol–water partition coefficient (Wildman–Crippen LogP) is 0.945. The zero-order valence-electron chi connectivity index (χ0n) is 11.8. The molecular formula is C13H19N5O2S. The van der Waals surface area contributed by atoms with Gasteiger partial charge >= 0.3 is 0 Å². The van der Waals surface area contributed by atoms with Crippen molar-refractivity contribution in [3.05, 3.63) is 36.4 Å². The van der Waals surface area contributed by atoms with Crippen LogP contribution in [-0.2, 0) is 16.4 Å². The number of hydrogen-bond acceptors (Lipinski definition) is 5. The van der Waals surface area contributed by atoms with Crippen molar-refractivity contribution in [2.24, 2.45) is 0 Å². The van der Waals surface area contributed by atoms with Crippen molar-refractivity contribution < 1.29 is 8.42 Å². The summed E-state index contributed by atoms with van der Waals surface area (Å²) in [4.78, 5) is 7.14. The molecule has 0 spiro atoms. The quantitative estimate of drug-likeness (QED) is 0.569. The van der Waals surface area contributed by atoms with Crippen molar-refractivity contribution in [3.8, 4) is 0 Å². The normalized spacial score (nSPS) is 11.5. The van der Waals surface area contributed by atoms with Gasteiger partial charge in [-0.1, -0.05) is 6.92 Å². The van der Waals surface area contributed by atoms with E-state index in [4.69, 9.17) is 5.73 Å². The number of anilines is 2. The van der Waals surface area contributed by atoms with Crippen LogP contribution in [0.25, 0.3) is 0 Å². The molecule has 0 radical (unpaired) electrons. The first-order valence-corrected chi connectivity index (χ1v) is 8.11. The fourth-order valence-corrected chi connectivity index (χ4v) is 2.95. The van der Waals surface area contributed by atoms with Gasteiger partial charge in [0.2, 0.25) is 10.0 Å². The van der Waals surface area contributed by atoms with Gasteiger partial charge in [0, 0.05) is 31.4 Å². The summed E-state index contributed by atoms with van der Waals surface area (Å²) in [6, 6.07) is 4.62. The minimum atomic E-state index is -3.48. The minimum Gasteiger partial charge on any atom is -0.397 e. The molecule has 1 aromatic carbocycles. The van der Waals surface area contributed by atoms with Crippen LogP contribution >= 0.6 is 0 Å². The molecule has 0 bridgehead atoms. The van der Waals surface area contributed by atoms with Crippen LogP contribution in [-0.4, -0.2) is 31.5 Å². The summed E-state index contributed by atoms with van der Waals surface area (Å²) in [6.07, 6.45) is 4.11. The summed E-state index contributed by atoms with van der Waals surface area (Å²) in [5, 5.41) is 3.14. The number of nitrogens with one attached hydrogen (secondary N) is 3. The Morgan fingerprint density at radius 2 is 2.19 bits per heavy atom. The highest BCUT2D eigenvalue weighted by Gasteiger charge is 2.14. The topological polar surface area (TPSA) is 113 Å². The van der Waals surface area contributed by atoms with Crippen LogP contribution in [0.15, 0.2) is 35.6 Å². The SMILES string of the molecule is CCNS(=O)(=O)c1ccc(N)c(NCCc2cnc[nH]2)c1. The van der Waals surface area contributed by atoms with Crippen LogP contribution in [0.4, 0.5) is 11.4 Å². The van der Waals surface area contributed by atoms with Gasteiger partial charge < -0.3 is 16.0 Å². The maximum Gasteiger partial charge on any atom is 0.240 e. The number of hydrogen-bond donors (Lipinski definition) is 4. The highest BCUT2D eigenvalue weighted by Crippen LogP contribution is 2.22. The average molecular weight is 309 g/mol. The first-order chi connectivity index (χ1) is 10.0. The number of benzene rings is 1. The molecule has 0 aliphatic carbocycles. The Balaban J connectivity index is 2.08. The van der Waals surface area contributed by atoms with Gasteiger partial charge in [0.1, 0.15) is 0 Å². The van der Waals surface area contributed by atoms with Gasteiger partial charge in [-0.15, -0.1) is 0 Å². The van der Waals surface area contributed by atoms with Gasteiger partial charge in [0.15, 0.2) is 0 Å².